The minimum absolute atomic E-state index is 0.0857. The SMILES string of the molecule is COCCNCCN1C(=O)CC(c2ccccc2)C1=O. The molecule has 2 rings (SSSR count). The van der Waals surface area contributed by atoms with E-state index in [1.807, 2.05) is 30.3 Å². The summed E-state index contributed by atoms with van der Waals surface area (Å²) in [6.07, 6.45) is 0.279. The van der Waals surface area contributed by atoms with Crippen LogP contribution in [0.3, 0.4) is 0 Å². The van der Waals surface area contributed by atoms with E-state index in [0.717, 1.165) is 12.1 Å². The summed E-state index contributed by atoms with van der Waals surface area (Å²) in [7, 11) is 1.64. The Morgan fingerprint density at radius 1 is 1.25 bits per heavy atom. The van der Waals surface area contributed by atoms with E-state index < -0.39 is 0 Å². The monoisotopic (exact) mass is 276 g/mol. The Labute approximate surface area is 118 Å². The minimum atomic E-state index is -0.317. The molecule has 1 atom stereocenters. The first kappa shape index (κ1) is 14.7. The topological polar surface area (TPSA) is 58.6 Å². The highest BCUT2D eigenvalue weighted by Crippen LogP contribution is 2.28. The highest BCUT2D eigenvalue weighted by Gasteiger charge is 2.38. The van der Waals surface area contributed by atoms with Crippen LogP contribution < -0.4 is 5.32 Å². The van der Waals surface area contributed by atoms with Gasteiger partial charge in [-0.05, 0) is 5.56 Å². The summed E-state index contributed by atoms with van der Waals surface area (Å²) < 4.78 is 4.92. The first-order valence-corrected chi connectivity index (χ1v) is 6.83. The molecule has 1 fully saturated rings. The quantitative estimate of drug-likeness (QED) is 0.590. The van der Waals surface area contributed by atoms with E-state index in [0.29, 0.717) is 19.7 Å². The lowest BCUT2D eigenvalue weighted by Gasteiger charge is -2.15. The van der Waals surface area contributed by atoms with Crippen molar-refractivity contribution < 1.29 is 14.3 Å². The van der Waals surface area contributed by atoms with Gasteiger partial charge in [-0.15, -0.1) is 0 Å². The highest BCUT2D eigenvalue weighted by atomic mass is 16.5. The molecular formula is C15H20N2O3. The largest absolute Gasteiger partial charge is 0.383 e. The number of carbonyl (C=O) groups is 2. The fraction of sp³-hybridized carbons (Fsp3) is 0.467. The van der Waals surface area contributed by atoms with Crippen LogP contribution in [0.5, 0.6) is 0 Å². The lowest BCUT2D eigenvalue weighted by atomic mass is 9.98. The van der Waals surface area contributed by atoms with E-state index in [9.17, 15) is 9.59 Å². The molecule has 0 aliphatic carbocycles. The van der Waals surface area contributed by atoms with Crippen LogP contribution in [-0.4, -0.2) is 50.1 Å². The molecular weight excluding hydrogens is 256 g/mol. The van der Waals surface area contributed by atoms with Crippen molar-refractivity contribution in [1.29, 1.82) is 0 Å². The highest BCUT2D eigenvalue weighted by molar-refractivity contribution is 6.06. The van der Waals surface area contributed by atoms with Crippen molar-refractivity contribution in [2.45, 2.75) is 12.3 Å². The van der Waals surface area contributed by atoms with Gasteiger partial charge in [-0.25, -0.2) is 0 Å². The number of ether oxygens (including phenoxy) is 1. The molecule has 0 radical (unpaired) electrons. The number of benzene rings is 1. The van der Waals surface area contributed by atoms with Gasteiger partial charge in [-0.2, -0.15) is 0 Å². The zero-order chi connectivity index (χ0) is 14.4. The number of likely N-dealkylation sites (tertiary alicyclic amines) is 1. The third-order valence-electron chi connectivity index (χ3n) is 3.44. The number of amides is 2. The van der Waals surface area contributed by atoms with Gasteiger partial charge in [-0.1, -0.05) is 30.3 Å². The average molecular weight is 276 g/mol. The van der Waals surface area contributed by atoms with Crippen molar-refractivity contribution in [2.75, 3.05) is 33.4 Å². The zero-order valence-electron chi connectivity index (χ0n) is 11.7. The Morgan fingerprint density at radius 3 is 2.70 bits per heavy atom. The van der Waals surface area contributed by atoms with Crippen molar-refractivity contribution >= 4 is 11.8 Å². The number of hydrogen-bond acceptors (Lipinski definition) is 4. The van der Waals surface area contributed by atoms with Crippen molar-refractivity contribution in [3.63, 3.8) is 0 Å². The normalized spacial score (nSPS) is 18.9. The molecule has 1 unspecified atom stereocenters. The number of imide groups is 1. The fourth-order valence-corrected chi connectivity index (χ4v) is 2.35. The Bertz CT molecular complexity index is 461. The minimum Gasteiger partial charge on any atom is -0.383 e. The van der Waals surface area contributed by atoms with Crippen molar-refractivity contribution in [1.82, 2.24) is 10.2 Å². The predicted octanol–water partition coefficient (Wildman–Crippen LogP) is 0.765. The van der Waals surface area contributed by atoms with E-state index in [2.05, 4.69) is 5.32 Å². The summed E-state index contributed by atoms with van der Waals surface area (Å²) >= 11 is 0. The molecule has 1 aromatic rings. The van der Waals surface area contributed by atoms with Gasteiger partial charge in [0.1, 0.15) is 0 Å². The molecule has 0 spiro atoms. The molecule has 1 aromatic carbocycles. The molecule has 0 saturated carbocycles. The molecule has 1 aliphatic rings. The Morgan fingerprint density at radius 2 is 2.00 bits per heavy atom. The number of hydrogen-bond donors (Lipinski definition) is 1. The van der Waals surface area contributed by atoms with Crippen molar-refractivity contribution in [3.8, 4) is 0 Å². The van der Waals surface area contributed by atoms with Gasteiger partial charge in [0.15, 0.2) is 0 Å². The van der Waals surface area contributed by atoms with Crippen LogP contribution in [0.15, 0.2) is 30.3 Å². The van der Waals surface area contributed by atoms with Crippen LogP contribution in [-0.2, 0) is 14.3 Å². The van der Waals surface area contributed by atoms with Crippen LogP contribution >= 0.6 is 0 Å². The average Bonchev–Trinajstić information content (AvgIpc) is 2.75. The summed E-state index contributed by atoms with van der Waals surface area (Å²) in [6.45, 7) is 2.36. The van der Waals surface area contributed by atoms with E-state index >= 15 is 0 Å². The second-order valence-corrected chi connectivity index (χ2v) is 4.79. The van der Waals surface area contributed by atoms with E-state index in [1.54, 1.807) is 7.11 Å². The lowest BCUT2D eigenvalue weighted by molar-refractivity contribution is -0.138. The van der Waals surface area contributed by atoms with Gasteiger partial charge >= 0.3 is 0 Å². The van der Waals surface area contributed by atoms with Gasteiger partial charge in [0.05, 0.1) is 12.5 Å². The summed E-state index contributed by atoms with van der Waals surface area (Å²) in [6, 6.07) is 9.48. The van der Waals surface area contributed by atoms with E-state index in [-0.39, 0.29) is 24.2 Å². The van der Waals surface area contributed by atoms with Gasteiger partial charge in [0, 0.05) is 33.2 Å². The molecule has 5 nitrogen and oxygen atoms in total. The second-order valence-electron chi connectivity index (χ2n) is 4.79. The van der Waals surface area contributed by atoms with E-state index in [1.165, 1.54) is 4.90 Å². The first-order chi connectivity index (χ1) is 9.74. The maximum absolute atomic E-state index is 12.3. The smallest absolute Gasteiger partial charge is 0.237 e. The molecule has 1 heterocycles. The Balaban J connectivity index is 1.89. The molecule has 20 heavy (non-hydrogen) atoms. The predicted molar refractivity (Wildman–Crippen MR) is 75.3 cm³/mol. The van der Waals surface area contributed by atoms with Gasteiger partial charge in [0.25, 0.3) is 0 Å². The van der Waals surface area contributed by atoms with Crippen LogP contribution in [0.2, 0.25) is 0 Å². The van der Waals surface area contributed by atoms with Crippen molar-refractivity contribution in [2.24, 2.45) is 0 Å². The molecule has 1 aliphatic heterocycles. The Kier molecular flexibility index (Phi) is 5.26. The second kappa shape index (κ2) is 7.17. The zero-order valence-corrected chi connectivity index (χ0v) is 11.7. The summed E-state index contributed by atoms with van der Waals surface area (Å²) in [5.41, 5.74) is 0.917. The molecule has 2 amide bonds. The summed E-state index contributed by atoms with van der Waals surface area (Å²) in [4.78, 5) is 25.6. The maximum Gasteiger partial charge on any atom is 0.237 e. The van der Waals surface area contributed by atoms with E-state index in [4.69, 9.17) is 4.74 Å². The van der Waals surface area contributed by atoms with Gasteiger partial charge in [0.2, 0.25) is 11.8 Å². The van der Waals surface area contributed by atoms with Crippen LogP contribution in [0, 0.1) is 0 Å². The number of carbonyl (C=O) groups excluding carboxylic acids is 2. The third-order valence-corrected chi connectivity index (χ3v) is 3.44. The molecule has 108 valence electrons. The molecule has 5 heteroatoms. The van der Waals surface area contributed by atoms with Crippen molar-refractivity contribution in [3.05, 3.63) is 35.9 Å². The fourth-order valence-electron chi connectivity index (χ4n) is 2.35. The Hall–Kier alpha value is -1.72. The van der Waals surface area contributed by atoms with Crippen LogP contribution in [0.1, 0.15) is 17.9 Å². The molecule has 0 aromatic heterocycles. The third kappa shape index (κ3) is 3.43. The maximum atomic E-state index is 12.3. The molecule has 1 N–H and O–H groups in total. The molecule has 0 bridgehead atoms. The first-order valence-electron chi connectivity index (χ1n) is 6.83. The van der Waals surface area contributed by atoms with Crippen LogP contribution in [0.4, 0.5) is 0 Å². The lowest BCUT2D eigenvalue weighted by Crippen LogP contribution is -2.37. The number of nitrogens with one attached hydrogen (secondary N) is 1. The number of methoxy groups -OCH3 is 1. The van der Waals surface area contributed by atoms with Gasteiger partial charge in [-0.3, -0.25) is 14.5 Å². The number of rotatable bonds is 7. The summed E-state index contributed by atoms with van der Waals surface area (Å²) in [5.74, 6) is -0.491. The summed E-state index contributed by atoms with van der Waals surface area (Å²) in [5, 5.41) is 3.14. The number of nitrogens with zero attached hydrogens (tertiary/aromatic N) is 1. The van der Waals surface area contributed by atoms with Gasteiger partial charge < -0.3 is 10.1 Å². The molecule has 1 saturated heterocycles. The standard InChI is InChI=1S/C15H20N2O3/c1-20-10-8-16-7-9-17-14(18)11-13(15(17)19)12-5-3-2-4-6-12/h2-6,13,16H,7-11H2,1H3. The van der Waals surface area contributed by atoms with Crippen LogP contribution in [0.25, 0.3) is 0 Å².